The molecule has 2 heterocycles. The summed E-state index contributed by atoms with van der Waals surface area (Å²) >= 11 is 1.61. The van der Waals surface area contributed by atoms with Crippen molar-refractivity contribution < 1.29 is 4.52 Å². The van der Waals surface area contributed by atoms with E-state index in [1.807, 2.05) is 60.9 Å². The van der Waals surface area contributed by atoms with E-state index in [2.05, 4.69) is 34.3 Å². The van der Waals surface area contributed by atoms with Gasteiger partial charge in [-0.3, -0.25) is 4.79 Å². The van der Waals surface area contributed by atoms with E-state index in [1.54, 1.807) is 17.8 Å². The first-order valence-corrected chi connectivity index (χ1v) is 11.5. The fourth-order valence-electron chi connectivity index (χ4n) is 3.59. The van der Waals surface area contributed by atoms with Crippen molar-refractivity contribution >= 4 is 22.5 Å². The monoisotopic (exact) mass is 440 g/mol. The Balaban J connectivity index is 1.68. The number of thioether (sulfide) groups is 1. The highest BCUT2D eigenvalue weighted by Gasteiger charge is 2.19. The van der Waals surface area contributed by atoms with E-state index in [0.717, 1.165) is 16.9 Å². The number of hydrogen-bond donors (Lipinski definition) is 0. The van der Waals surface area contributed by atoms with Gasteiger partial charge in [0.1, 0.15) is 0 Å². The molecule has 3 aromatic carbocycles. The number of hydrogen-bond acceptors (Lipinski definition) is 6. The van der Waals surface area contributed by atoms with Crippen molar-refractivity contribution in [2.24, 2.45) is 0 Å². The number of aryl methyl sites for hydroxylation is 1. The zero-order valence-electron chi connectivity index (χ0n) is 17.6. The number of rotatable bonds is 5. The Morgan fingerprint density at radius 2 is 1.75 bits per heavy atom. The highest BCUT2D eigenvalue weighted by atomic mass is 32.2. The van der Waals surface area contributed by atoms with Crippen LogP contribution in [0.4, 0.5) is 0 Å². The van der Waals surface area contributed by atoms with Gasteiger partial charge in [0.2, 0.25) is 5.82 Å². The van der Waals surface area contributed by atoms with Crippen LogP contribution in [0, 0.1) is 0 Å². The minimum absolute atomic E-state index is 0.197. The first-order chi connectivity index (χ1) is 15.7. The number of aromatic nitrogens is 4. The number of benzene rings is 3. The van der Waals surface area contributed by atoms with E-state index in [4.69, 9.17) is 4.52 Å². The molecule has 0 amide bonds. The molecule has 0 saturated heterocycles. The van der Waals surface area contributed by atoms with Crippen molar-refractivity contribution in [3.8, 4) is 28.7 Å². The van der Waals surface area contributed by atoms with Crippen LogP contribution in [0.25, 0.3) is 39.4 Å². The van der Waals surface area contributed by atoms with E-state index in [-0.39, 0.29) is 11.4 Å². The van der Waals surface area contributed by atoms with Crippen LogP contribution in [0.15, 0.2) is 87.0 Å². The maximum absolute atomic E-state index is 13.2. The SMILES string of the molecule is CCc1ccc(-c2noc(-c3nn(-c4cccc(SC)c4)c(=O)c4ccccc34)n2)cc1. The van der Waals surface area contributed by atoms with E-state index >= 15 is 0 Å². The van der Waals surface area contributed by atoms with Gasteiger partial charge in [-0.15, -0.1) is 11.8 Å². The molecule has 0 aliphatic carbocycles. The molecule has 0 unspecified atom stereocenters. The minimum atomic E-state index is -0.197. The lowest BCUT2D eigenvalue weighted by Crippen LogP contribution is -2.22. The minimum Gasteiger partial charge on any atom is -0.332 e. The maximum Gasteiger partial charge on any atom is 0.279 e. The molecule has 6 nitrogen and oxygen atoms in total. The van der Waals surface area contributed by atoms with Gasteiger partial charge in [-0.05, 0) is 42.5 Å². The molecule has 0 saturated carbocycles. The van der Waals surface area contributed by atoms with Crippen LogP contribution in [0.2, 0.25) is 0 Å². The Hall–Kier alpha value is -3.71. The fourth-order valence-corrected chi connectivity index (χ4v) is 4.04. The average molecular weight is 441 g/mol. The lowest BCUT2D eigenvalue weighted by Gasteiger charge is -2.10. The van der Waals surface area contributed by atoms with Gasteiger partial charge in [-0.1, -0.05) is 60.6 Å². The third-order valence-electron chi connectivity index (χ3n) is 5.35. The first kappa shape index (κ1) is 20.2. The second-order valence-electron chi connectivity index (χ2n) is 7.29. The molecule has 5 aromatic rings. The summed E-state index contributed by atoms with van der Waals surface area (Å²) in [6.07, 6.45) is 2.96. The largest absolute Gasteiger partial charge is 0.332 e. The first-order valence-electron chi connectivity index (χ1n) is 10.3. The lowest BCUT2D eigenvalue weighted by molar-refractivity contribution is 0.430. The van der Waals surface area contributed by atoms with E-state index in [0.29, 0.717) is 28.0 Å². The van der Waals surface area contributed by atoms with Gasteiger partial charge in [0, 0.05) is 15.8 Å². The molecule has 32 heavy (non-hydrogen) atoms. The summed E-state index contributed by atoms with van der Waals surface area (Å²) in [5.41, 5.74) is 3.06. The molecule has 0 N–H and O–H groups in total. The van der Waals surface area contributed by atoms with E-state index < -0.39 is 0 Å². The highest BCUT2D eigenvalue weighted by Crippen LogP contribution is 2.27. The summed E-state index contributed by atoms with van der Waals surface area (Å²) in [6.45, 7) is 2.11. The second-order valence-corrected chi connectivity index (χ2v) is 8.17. The number of nitrogens with zero attached hydrogens (tertiary/aromatic N) is 4. The van der Waals surface area contributed by atoms with E-state index in [9.17, 15) is 4.79 Å². The van der Waals surface area contributed by atoms with Crippen LogP contribution < -0.4 is 5.56 Å². The zero-order valence-corrected chi connectivity index (χ0v) is 18.5. The zero-order chi connectivity index (χ0) is 22.1. The smallest absolute Gasteiger partial charge is 0.279 e. The third kappa shape index (κ3) is 3.61. The molecule has 158 valence electrons. The molecule has 0 atom stereocenters. The number of fused-ring (bicyclic) bond motifs is 1. The maximum atomic E-state index is 13.2. The summed E-state index contributed by atoms with van der Waals surface area (Å²) in [4.78, 5) is 18.9. The van der Waals surface area contributed by atoms with Crippen LogP contribution >= 0.6 is 11.8 Å². The summed E-state index contributed by atoms with van der Waals surface area (Å²) in [5.74, 6) is 0.751. The third-order valence-corrected chi connectivity index (χ3v) is 6.08. The summed E-state index contributed by atoms with van der Waals surface area (Å²) in [5, 5.41) is 10.0. The fraction of sp³-hybridized carbons (Fsp3) is 0.120. The second kappa shape index (κ2) is 8.43. The summed E-state index contributed by atoms with van der Waals surface area (Å²) < 4.78 is 7.00. The molecule has 0 fully saturated rings. The molecule has 0 aliphatic heterocycles. The standard InChI is InChI=1S/C25H20N4O2S/c1-3-16-11-13-17(14-12-16)23-26-24(31-28-23)22-20-9-4-5-10-21(20)25(30)29(27-22)18-7-6-8-19(15-18)32-2/h4-15H,3H2,1-2H3. The molecular formula is C25H20N4O2S. The van der Waals surface area contributed by atoms with Crippen LogP contribution in [-0.4, -0.2) is 26.2 Å². The van der Waals surface area contributed by atoms with Gasteiger partial charge in [-0.2, -0.15) is 14.8 Å². The Morgan fingerprint density at radius 1 is 0.969 bits per heavy atom. The van der Waals surface area contributed by atoms with Crippen molar-refractivity contribution in [1.29, 1.82) is 0 Å². The average Bonchev–Trinajstić information content (AvgIpc) is 3.34. The van der Waals surface area contributed by atoms with Crippen molar-refractivity contribution in [2.75, 3.05) is 6.26 Å². The molecule has 0 aliphatic rings. The van der Waals surface area contributed by atoms with E-state index in [1.165, 1.54) is 10.2 Å². The molecule has 0 spiro atoms. The summed E-state index contributed by atoms with van der Waals surface area (Å²) in [7, 11) is 0. The van der Waals surface area contributed by atoms with Gasteiger partial charge in [0.05, 0.1) is 11.1 Å². The Labute approximate surface area is 188 Å². The van der Waals surface area contributed by atoms with Crippen molar-refractivity contribution in [1.82, 2.24) is 19.9 Å². The van der Waals surface area contributed by atoms with Crippen LogP contribution in [0.3, 0.4) is 0 Å². The summed E-state index contributed by atoms with van der Waals surface area (Å²) in [6, 6.07) is 23.1. The van der Waals surface area contributed by atoms with Crippen molar-refractivity contribution in [3.05, 3.63) is 88.7 Å². The Kier molecular flexibility index (Phi) is 5.33. The van der Waals surface area contributed by atoms with Crippen LogP contribution in [0.5, 0.6) is 0 Å². The molecule has 2 aromatic heterocycles. The van der Waals surface area contributed by atoms with Crippen molar-refractivity contribution in [2.45, 2.75) is 18.2 Å². The molecule has 0 bridgehead atoms. The molecule has 0 radical (unpaired) electrons. The topological polar surface area (TPSA) is 73.8 Å². The molecule has 5 rings (SSSR count). The van der Waals surface area contributed by atoms with Crippen LogP contribution in [0.1, 0.15) is 12.5 Å². The van der Waals surface area contributed by atoms with Gasteiger partial charge < -0.3 is 4.52 Å². The predicted molar refractivity (Wildman–Crippen MR) is 127 cm³/mol. The van der Waals surface area contributed by atoms with Gasteiger partial charge >= 0.3 is 0 Å². The Bertz CT molecular complexity index is 1470. The van der Waals surface area contributed by atoms with Gasteiger partial charge in [-0.25, -0.2) is 0 Å². The normalized spacial score (nSPS) is 11.2. The quantitative estimate of drug-likeness (QED) is 0.341. The predicted octanol–water partition coefficient (Wildman–Crippen LogP) is 5.39. The van der Waals surface area contributed by atoms with Crippen LogP contribution in [-0.2, 0) is 6.42 Å². The molecular weight excluding hydrogens is 420 g/mol. The van der Waals surface area contributed by atoms with Gasteiger partial charge in [0.15, 0.2) is 5.69 Å². The Morgan fingerprint density at radius 3 is 2.50 bits per heavy atom. The highest BCUT2D eigenvalue weighted by molar-refractivity contribution is 7.98. The molecule has 7 heteroatoms. The van der Waals surface area contributed by atoms with Crippen molar-refractivity contribution in [3.63, 3.8) is 0 Å². The van der Waals surface area contributed by atoms with Gasteiger partial charge in [0.25, 0.3) is 11.4 Å². The lowest BCUT2D eigenvalue weighted by atomic mass is 10.1.